The first-order valence-electron chi connectivity index (χ1n) is 8.37. The SMILES string of the molecule is O=C(COC(=O)CCCc1nc2ccccc2s1)Nc1cc(Cl)c(Cl)cc1Cl. The highest BCUT2D eigenvalue weighted by Crippen LogP contribution is 2.32. The van der Waals surface area contributed by atoms with Gasteiger partial charge in [-0.15, -0.1) is 11.3 Å². The Bertz CT molecular complexity index is 990. The Balaban J connectivity index is 1.41. The van der Waals surface area contributed by atoms with Gasteiger partial charge < -0.3 is 10.1 Å². The van der Waals surface area contributed by atoms with Crippen LogP contribution in [0.1, 0.15) is 17.8 Å². The third-order valence-corrected chi connectivity index (χ3v) is 5.89. The Hall–Kier alpha value is -1.86. The molecule has 0 saturated carbocycles. The number of ether oxygens (including phenoxy) is 1. The number of esters is 1. The Morgan fingerprint density at radius 1 is 1.07 bits per heavy atom. The van der Waals surface area contributed by atoms with Crippen LogP contribution >= 0.6 is 46.1 Å². The second kappa shape index (κ2) is 9.56. The van der Waals surface area contributed by atoms with Crippen LogP contribution in [0.25, 0.3) is 10.2 Å². The van der Waals surface area contributed by atoms with Crippen LogP contribution in [0, 0.1) is 0 Å². The Morgan fingerprint density at radius 2 is 1.82 bits per heavy atom. The van der Waals surface area contributed by atoms with Gasteiger partial charge >= 0.3 is 5.97 Å². The lowest BCUT2D eigenvalue weighted by Crippen LogP contribution is -2.21. The van der Waals surface area contributed by atoms with Gasteiger partial charge in [-0.3, -0.25) is 9.59 Å². The maximum absolute atomic E-state index is 11.9. The first kappa shape index (κ1) is 20.9. The smallest absolute Gasteiger partial charge is 0.306 e. The van der Waals surface area contributed by atoms with E-state index in [-0.39, 0.29) is 21.5 Å². The molecule has 3 aromatic rings. The van der Waals surface area contributed by atoms with Crippen LogP contribution in [0.5, 0.6) is 0 Å². The molecule has 0 spiro atoms. The van der Waals surface area contributed by atoms with Gasteiger partial charge in [-0.1, -0.05) is 46.9 Å². The summed E-state index contributed by atoms with van der Waals surface area (Å²) in [6, 6.07) is 10.8. The summed E-state index contributed by atoms with van der Waals surface area (Å²) >= 11 is 19.3. The van der Waals surface area contributed by atoms with E-state index < -0.39 is 18.5 Å². The predicted octanol–water partition coefficient (Wildman–Crippen LogP) is 5.76. The predicted molar refractivity (Wildman–Crippen MR) is 114 cm³/mol. The monoisotopic (exact) mass is 456 g/mol. The fourth-order valence-corrected chi connectivity index (χ4v) is 4.04. The number of hydrogen-bond donors (Lipinski definition) is 1. The summed E-state index contributed by atoms with van der Waals surface area (Å²) in [5, 5.41) is 4.28. The fraction of sp³-hybridized carbons (Fsp3) is 0.211. The molecule has 146 valence electrons. The van der Waals surface area contributed by atoms with E-state index >= 15 is 0 Å². The molecule has 0 aliphatic carbocycles. The zero-order valence-electron chi connectivity index (χ0n) is 14.5. The van der Waals surface area contributed by atoms with Crippen molar-refractivity contribution in [2.75, 3.05) is 11.9 Å². The largest absolute Gasteiger partial charge is 0.456 e. The van der Waals surface area contributed by atoms with Crippen molar-refractivity contribution in [3.8, 4) is 0 Å². The molecule has 2 aromatic carbocycles. The highest BCUT2D eigenvalue weighted by atomic mass is 35.5. The van der Waals surface area contributed by atoms with Gasteiger partial charge in [-0.2, -0.15) is 0 Å². The molecular weight excluding hydrogens is 443 g/mol. The fourth-order valence-electron chi connectivity index (χ4n) is 2.43. The number of nitrogens with zero attached hydrogens (tertiary/aromatic N) is 1. The number of carbonyl (C=O) groups is 2. The zero-order chi connectivity index (χ0) is 20.1. The summed E-state index contributed by atoms with van der Waals surface area (Å²) in [7, 11) is 0. The average molecular weight is 458 g/mol. The van der Waals surface area contributed by atoms with Crippen LogP contribution in [0.3, 0.4) is 0 Å². The summed E-state index contributed by atoms with van der Waals surface area (Å²) < 4.78 is 6.12. The van der Waals surface area contributed by atoms with Crippen molar-refractivity contribution in [2.45, 2.75) is 19.3 Å². The van der Waals surface area contributed by atoms with Crippen molar-refractivity contribution in [3.05, 3.63) is 56.5 Å². The highest BCUT2D eigenvalue weighted by molar-refractivity contribution is 7.18. The molecule has 0 saturated heterocycles. The summed E-state index contributed by atoms with van der Waals surface area (Å²) in [6.45, 7) is -0.406. The lowest BCUT2D eigenvalue weighted by Gasteiger charge is -2.09. The standard InChI is InChI=1S/C19H15Cl3N2O3S/c20-11-8-13(22)15(9-12(11)21)23-17(25)10-27-19(26)7-3-6-18-24-14-4-1-2-5-16(14)28-18/h1-2,4-5,8-9H,3,6-7,10H2,(H,23,25). The van der Waals surface area contributed by atoms with Gasteiger partial charge in [0.15, 0.2) is 6.61 Å². The van der Waals surface area contributed by atoms with Crippen LogP contribution in [-0.2, 0) is 20.7 Å². The molecule has 0 unspecified atom stereocenters. The molecule has 1 amide bonds. The molecule has 28 heavy (non-hydrogen) atoms. The van der Waals surface area contributed by atoms with Gasteiger partial charge in [0.05, 0.1) is 36.0 Å². The molecular formula is C19H15Cl3N2O3S. The number of anilines is 1. The lowest BCUT2D eigenvalue weighted by atomic mass is 10.2. The first-order valence-corrected chi connectivity index (χ1v) is 10.3. The van der Waals surface area contributed by atoms with Crippen LogP contribution in [0.4, 0.5) is 5.69 Å². The molecule has 3 rings (SSSR count). The quantitative estimate of drug-likeness (QED) is 0.362. The van der Waals surface area contributed by atoms with Crippen LogP contribution in [-0.4, -0.2) is 23.5 Å². The van der Waals surface area contributed by atoms with Crippen LogP contribution in [0.15, 0.2) is 36.4 Å². The van der Waals surface area contributed by atoms with E-state index in [0.29, 0.717) is 18.5 Å². The van der Waals surface area contributed by atoms with E-state index in [9.17, 15) is 9.59 Å². The average Bonchev–Trinajstić information content (AvgIpc) is 3.07. The highest BCUT2D eigenvalue weighted by Gasteiger charge is 2.12. The van der Waals surface area contributed by atoms with Gasteiger partial charge in [0.2, 0.25) is 0 Å². The molecule has 9 heteroatoms. The Labute approximate surface area is 180 Å². The van der Waals surface area contributed by atoms with Crippen molar-refractivity contribution in [3.63, 3.8) is 0 Å². The molecule has 0 aliphatic rings. The third kappa shape index (κ3) is 5.58. The van der Waals surface area contributed by atoms with Crippen LogP contribution < -0.4 is 5.32 Å². The summed E-state index contributed by atoms with van der Waals surface area (Å²) in [4.78, 5) is 28.3. The Morgan fingerprint density at radius 3 is 2.61 bits per heavy atom. The number of aryl methyl sites for hydroxylation is 1. The number of rotatable bonds is 7. The van der Waals surface area contributed by atoms with Crippen molar-refractivity contribution >= 4 is 73.9 Å². The second-order valence-corrected chi connectivity index (χ2v) is 8.22. The van der Waals surface area contributed by atoms with Gasteiger partial charge in [0.25, 0.3) is 5.91 Å². The van der Waals surface area contributed by atoms with Gasteiger partial charge in [0.1, 0.15) is 0 Å². The number of amides is 1. The molecule has 1 heterocycles. The number of para-hydroxylation sites is 1. The van der Waals surface area contributed by atoms with E-state index in [1.807, 2.05) is 24.3 Å². The van der Waals surface area contributed by atoms with Crippen molar-refractivity contribution < 1.29 is 14.3 Å². The molecule has 0 aliphatic heterocycles. The molecule has 1 aromatic heterocycles. The number of benzene rings is 2. The maximum Gasteiger partial charge on any atom is 0.306 e. The number of carbonyl (C=O) groups excluding carboxylic acids is 2. The molecule has 1 N–H and O–H groups in total. The minimum absolute atomic E-state index is 0.205. The molecule has 5 nitrogen and oxygen atoms in total. The molecule has 0 fully saturated rings. The third-order valence-electron chi connectivity index (χ3n) is 3.76. The summed E-state index contributed by atoms with van der Waals surface area (Å²) in [6.07, 6.45) is 1.48. The summed E-state index contributed by atoms with van der Waals surface area (Å²) in [5.41, 5.74) is 1.26. The number of nitrogens with one attached hydrogen (secondary N) is 1. The van der Waals surface area contributed by atoms with E-state index in [1.54, 1.807) is 11.3 Å². The normalized spacial score (nSPS) is 10.8. The summed E-state index contributed by atoms with van der Waals surface area (Å²) in [5.74, 6) is -0.962. The van der Waals surface area contributed by atoms with E-state index in [4.69, 9.17) is 39.5 Å². The molecule has 0 atom stereocenters. The van der Waals surface area contributed by atoms with Crippen molar-refractivity contribution in [1.29, 1.82) is 0 Å². The van der Waals surface area contributed by atoms with E-state index in [2.05, 4.69) is 10.3 Å². The van der Waals surface area contributed by atoms with E-state index in [1.165, 1.54) is 12.1 Å². The second-order valence-electron chi connectivity index (χ2n) is 5.88. The molecule has 0 bridgehead atoms. The van der Waals surface area contributed by atoms with Crippen molar-refractivity contribution in [1.82, 2.24) is 4.98 Å². The first-order chi connectivity index (χ1) is 13.4. The topological polar surface area (TPSA) is 68.3 Å². The minimum atomic E-state index is -0.514. The van der Waals surface area contributed by atoms with Crippen molar-refractivity contribution in [2.24, 2.45) is 0 Å². The number of hydrogen-bond acceptors (Lipinski definition) is 5. The maximum atomic E-state index is 11.9. The minimum Gasteiger partial charge on any atom is -0.456 e. The van der Waals surface area contributed by atoms with Gasteiger partial charge in [-0.05, 0) is 37.1 Å². The number of aromatic nitrogens is 1. The Kier molecular flexibility index (Phi) is 7.13. The molecule has 0 radical (unpaired) electrons. The number of thiazole rings is 1. The number of halogens is 3. The van der Waals surface area contributed by atoms with Gasteiger partial charge in [-0.25, -0.2) is 4.98 Å². The van der Waals surface area contributed by atoms with E-state index in [0.717, 1.165) is 15.2 Å². The number of fused-ring (bicyclic) bond motifs is 1. The lowest BCUT2D eigenvalue weighted by molar-refractivity contribution is -0.147. The van der Waals surface area contributed by atoms with Gasteiger partial charge in [0, 0.05) is 6.42 Å². The van der Waals surface area contributed by atoms with Crippen LogP contribution in [0.2, 0.25) is 15.1 Å². The zero-order valence-corrected chi connectivity index (χ0v) is 17.6.